The third kappa shape index (κ3) is 6.35. The number of amides is 3. The number of nitrogens with two attached hydrogens (primary N) is 1. The van der Waals surface area contributed by atoms with Crippen LogP contribution < -0.4 is 11.1 Å². The summed E-state index contributed by atoms with van der Waals surface area (Å²) in [5, 5.41) is 13.2. The molecule has 0 aromatic heterocycles. The van der Waals surface area contributed by atoms with Crippen LogP contribution in [0.1, 0.15) is 65.7 Å². The number of morpholine rings is 1. The lowest BCUT2D eigenvalue weighted by Gasteiger charge is -2.41. The van der Waals surface area contributed by atoms with E-state index in [0.717, 1.165) is 13.1 Å². The number of urea groups is 1. The van der Waals surface area contributed by atoms with Gasteiger partial charge in [0.15, 0.2) is 0 Å². The first-order chi connectivity index (χ1) is 15.1. The fourth-order valence-corrected chi connectivity index (χ4v) is 5.62. The number of nitrogens with zero attached hydrogens (tertiary/aromatic N) is 3. The highest BCUT2D eigenvalue weighted by Gasteiger charge is 2.45. The summed E-state index contributed by atoms with van der Waals surface area (Å²) in [5.74, 6) is 0.0363. The standard InChI is InChI=1S/C24H41N5O3/c1-23(2,3)13-19(20-15-32-12-11-29(20)22(26)31)21(30)27-24(16-25)9-10-28(17-24)14-18-7-5-4-6-8-18/h18-20H,4-15,17H2,1-3H3,(H2,26,31)(H,27,30). The molecule has 2 aliphatic heterocycles. The molecule has 2 saturated heterocycles. The Morgan fingerprint density at radius 1 is 1.25 bits per heavy atom. The fraction of sp³-hybridized carbons (Fsp3) is 0.875. The first kappa shape index (κ1) is 24.8. The van der Waals surface area contributed by atoms with Gasteiger partial charge in [-0.05, 0) is 37.0 Å². The maximum atomic E-state index is 13.6. The van der Waals surface area contributed by atoms with Gasteiger partial charge < -0.3 is 20.7 Å². The number of primary amides is 1. The summed E-state index contributed by atoms with van der Waals surface area (Å²) in [6.45, 7) is 9.71. The van der Waals surface area contributed by atoms with Crippen molar-refractivity contribution in [1.29, 1.82) is 5.26 Å². The molecule has 0 bridgehead atoms. The van der Waals surface area contributed by atoms with Crippen LogP contribution in [-0.2, 0) is 9.53 Å². The van der Waals surface area contributed by atoms with Gasteiger partial charge in [0.25, 0.3) is 0 Å². The van der Waals surface area contributed by atoms with Crippen LogP contribution in [-0.4, -0.2) is 72.7 Å². The Bertz CT molecular complexity index is 709. The molecular formula is C24H41N5O3. The molecule has 32 heavy (non-hydrogen) atoms. The highest BCUT2D eigenvalue weighted by atomic mass is 16.5. The van der Waals surface area contributed by atoms with Crippen LogP contribution in [0.4, 0.5) is 4.79 Å². The molecule has 3 rings (SSSR count). The van der Waals surface area contributed by atoms with Crippen LogP contribution in [0.15, 0.2) is 0 Å². The highest BCUT2D eigenvalue weighted by Crippen LogP contribution is 2.32. The van der Waals surface area contributed by atoms with Gasteiger partial charge in [0, 0.05) is 26.2 Å². The van der Waals surface area contributed by atoms with E-state index in [1.165, 1.54) is 32.1 Å². The Labute approximate surface area is 192 Å². The molecule has 3 N–H and O–H groups in total. The van der Waals surface area contributed by atoms with Crippen LogP contribution in [0.3, 0.4) is 0 Å². The average molecular weight is 448 g/mol. The largest absolute Gasteiger partial charge is 0.377 e. The van der Waals surface area contributed by atoms with Gasteiger partial charge >= 0.3 is 6.03 Å². The Morgan fingerprint density at radius 2 is 1.97 bits per heavy atom. The van der Waals surface area contributed by atoms with Gasteiger partial charge in [-0.2, -0.15) is 5.26 Å². The van der Waals surface area contributed by atoms with Gasteiger partial charge in [-0.25, -0.2) is 4.79 Å². The molecule has 8 nitrogen and oxygen atoms in total. The SMILES string of the molecule is CC(C)(C)CC(C(=O)NC1(C#N)CCN(CC2CCCCC2)C1)C1COCCN1C(N)=O. The summed E-state index contributed by atoms with van der Waals surface area (Å²) in [4.78, 5) is 29.5. The van der Waals surface area contributed by atoms with Crippen LogP contribution >= 0.6 is 0 Å². The Hall–Kier alpha value is -1.85. The molecule has 3 atom stereocenters. The molecule has 0 aromatic carbocycles. The van der Waals surface area contributed by atoms with E-state index in [4.69, 9.17) is 10.5 Å². The van der Waals surface area contributed by atoms with Crippen molar-refractivity contribution in [3.8, 4) is 6.07 Å². The first-order valence-corrected chi connectivity index (χ1v) is 12.2. The second-order valence-corrected chi connectivity index (χ2v) is 11.2. The van der Waals surface area contributed by atoms with Crippen molar-refractivity contribution in [2.45, 2.75) is 77.3 Å². The predicted molar refractivity (Wildman–Crippen MR) is 123 cm³/mol. The van der Waals surface area contributed by atoms with Crippen molar-refractivity contribution in [3.63, 3.8) is 0 Å². The van der Waals surface area contributed by atoms with Gasteiger partial charge in [-0.15, -0.1) is 0 Å². The highest BCUT2D eigenvalue weighted by molar-refractivity contribution is 5.82. The monoisotopic (exact) mass is 447 g/mol. The Balaban J connectivity index is 1.71. The minimum atomic E-state index is -0.880. The molecular weight excluding hydrogens is 406 g/mol. The van der Waals surface area contributed by atoms with E-state index in [0.29, 0.717) is 38.5 Å². The number of carbonyl (C=O) groups is 2. The Morgan fingerprint density at radius 3 is 2.59 bits per heavy atom. The topological polar surface area (TPSA) is 112 Å². The van der Waals surface area contributed by atoms with Gasteiger partial charge in [-0.1, -0.05) is 40.0 Å². The Kier molecular flexibility index (Phi) is 8.05. The van der Waals surface area contributed by atoms with Crippen molar-refractivity contribution in [2.75, 3.05) is 39.4 Å². The van der Waals surface area contributed by atoms with Gasteiger partial charge in [0.05, 0.1) is 31.2 Å². The molecule has 3 fully saturated rings. The van der Waals surface area contributed by atoms with Gasteiger partial charge in [0.2, 0.25) is 5.91 Å². The summed E-state index contributed by atoms with van der Waals surface area (Å²) in [5.41, 5.74) is 4.61. The van der Waals surface area contributed by atoms with Crippen molar-refractivity contribution < 1.29 is 14.3 Å². The number of hydrogen-bond donors (Lipinski definition) is 2. The van der Waals surface area contributed by atoms with Crippen LogP contribution in [0.25, 0.3) is 0 Å². The summed E-state index contributed by atoms with van der Waals surface area (Å²) >= 11 is 0. The third-order valence-corrected chi connectivity index (χ3v) is 7.25. The molecule has 8 heteroatoms. The van der Waals surface area contributed by atoms with Crippen molar-refractivity contribution in [2.24, 2.45) is 23.0 Å². The normalized spacial score (nSPS) is 28.8. The van der Waals surface area contributed by atoms with Gasteiger partial charge in [0.1, 0.15) is 5.54 Å². The summed E-state index contributed by atoms with van der Waals surface area (Å²) < 4.78 is 5.63. The lowest BCUT2D eigenvalue weighted by atomic mass is 9.79. The van der Waals surface area contributed by atoms with Crippen molar-refractivity contribution >= 4 is 11.9 Å². The summed E-state index contributed by atoms with van der Waals surface area (Å²) in [7, 11) is 0. The smallest absolute Gasteiger partial charge is 0.315 e. The van der Waals surface area contributed by atoms with E-state index in [1.54, 1.807) is 4.90 Å². The number of carbonyl (C=O) groups excluding carboxylic acids is 2. The number of rotatable bonds is 6. The molecule has 0 spiro atoms. The minimum absolute atomic E-state index is 0.134. The molecule has 3 amide bonds. The van der Waals surface area contributed by atoms with E-state index in [1.807, 2.05) is 0 Å². The molecule has 1 saturated carbocycles. The zero-order valence-corrected chi connectivity index (χ0v) is 20.1. The molecule has 3 unspecified atom stereocenters. The van der Waals surface area contributed by atoms with E-state index in [2.05, 4.69) is 37.1 Å². The quantitative estimate of drug-likeness (QED) is 0.650. The number of hydrogen-bond acceptors (Lipinski definition) is 5. The van der Waals surface area contributed by atoms with Crippen LogP contribution in [0.5, 0.6) is 0 Å². The lowest BCUT2D eigenvalue weighted by Crippen LogP contribution is -2.60. The second-order valence-electron chi connectivity index (χ2n) is 11.2. The second kappa shape index (κ2) is 10.4. The van der Waals surface area contributed by atoms with E-state index < -0.39 is 23.5 Å². The summed E-state index contributed by atoms with van der Waals surface area (Å²) in [6.07, 6.45) is 7.66. The van der Waals surface area contributed by atoms with E-state index in [-0.39, 0.29) is 17.9 Å². The zero-order chi connectivity index (χ0) is 23.4. The average Bonchev–Trinajstić information content (AvgIpc) is 3.15. The number of likely N-dealkylation sites (tertiary alicyclic amines) is 1. The van der Waals surface area contributed by atoms with E-state index in [9.17, 15) is 14.9 Å². The molecule has 1 aliphatic carbocycles. The minimum Gasteiger partial charge on any atom is -0.377 e. The maximum absolute atomic E-state index is 13.6. The molecule has 3 aliphatic rings. The number of ether oxygens (including phenoxy) is 1. The summed E-state index contributed by atoms with van der Waals surface area (Å²) in [6, 6.07) is 1.47. The molecule has 180 valence electrons. The number of nitriles is 1. The third-order valence-electron chi connectivity index (χ3n) is 7.25. The predicted octanol–water partition coefficient (Wildman–Crippen LogP) is 2.48. The molecule has 2 heterocycles. The van der Waals surface area contributed by atoms with Gasteiger partial charge in [-0.3, -0.25) is 9.69 Å². The number of nitrogens with one attached hydrogen (secondary N) is 1. The van der Waals surface area contributed by atoms with Crippen molar-refractivity contribution in [3.05, 3.63) is 0 Å². The molecule has 0 aromatic rings. The van der Waals surface area contributed by atoms with Crippen LogP contribution in [0.2, 0.25) is 0 Å². The zero-order valence-electron chi connectivity index (χ0n) is 20.1. The van der Waals surface area contributed by atoms with Crippen molar-refractivity contribution in [1.82, 2.24) is 15.1 Å². The molecule has 0 radical (unpaired) electrons. The maximum Gasteiger partial charge on any atom is 0.315 e. The van der Waals surface area contributed by atoms with Crippen LogP contribution in [0, 0.1) is 28.6 Å². The van der Waals surface area contributed by atoms with E-state index >= 15 is 0 Å². The fourth-order valence-electron chi connectivity index (χ4n) is 5.62. The first-order valence-electron chi connectivity index (χ1n) is 12.2. The lowest BCUT2D eigenvalue weighted by molar-refractivity contribution is -0.132.